The Kier molecular flexibility index (Phi) is 6.24. The molecule has 1 aliphatic rings. The van der Waals surface area contributed by atoms with Crippen LogP contribution in [0.1, 0.15) is 18.4 Å². The third-order valence-corrected chi connectivity index (χ3v) is 4.83. The molecule has 3 N–H and O–H groups in total. The van der Waals surface area contributed by atoms with E-state index in [9.17, 15) is 18.7 Å². The summed E-state index contributed by atoms with van der Waals surface area (Å²) in [5.41, 5.74) is 1.53. The fourth-order valence-corrected chi connectivity index (χ4v) is 3.16. The van der Waals surface area contributed by atoms with Crippen molar-refractivity contribution in [2.24, 2.45) is 5.92 Å². The number of nitrogens with zero attached hydrogens (tertiary/aromatic N) is 1. The molecule has 0 atom stereocenters. The Labute approximate surface area is 157 Å². The molecule has 0 aliphatic carbocycles. The van der Waals surface area contributed by atoms with Crippen LogP contribution in [0.25, 0.3) is 0 Å². The number of amides is 2. The molecule has 0 spiro atoms. The number of para-hydroxylation sites is 1. The number of benzene rings is 2. The molecule has 0 aromatic heterocycles. The lowest BCUT2D eigenvalue weighted by Gasteiger charge is -2.33. The maximum Gasteiger partial charge on any atom is 0.319 e. The van der Waals surface area contributed by atoms with Crippen molar-refractivity contribution in [3.8, 4) is 0 Å². The fourth-order valence-electron chi connectivity index (χ4n) is 3.16. The molecule has 0 radical (unpaired) electrons. The van der Waals surface area contributed by atoms with Crippen molar-refractivity contribution in [3.05, 3.63) is 59.7 Å². The molecule has 27 heavy (non-hydrogen) atoms. The maximum absolute atomic E-state index is 13.5. The minimum atomic E-state index is -0.820. The van der Waals surface area contributed by atoms with Crippen molar-refractivity contribution < 1.29 is 18.7 Å². The number of anilines is 2. The largest absolute Gasteiger partial charge is 0.396 e. The van der Waals surface area contributed by atoms with Crippen LogP contribution in [0.15, 0.2) is 42.5 Å². The third-order valence-electron chi connectivity index (χ3n) is 4.83. The summed E-state index contributed by atoms with van der Waals surface area (Å²) < 4.78 is 27.1. The lowest BCUT2D eigenvalue weighted by Crippen LogP contribution is -2.34. The molecule has 0 saturated carbocycles. The Bertz CT molecular complexity index is 755. The van der Waals surface area contributed by atoms with E-state index in [-0.39, 0.29) is 13.2 Å². The van der Waals surface area contributed by atoms with Gasteiger partial charge in [-0.3, -0.25) is 0 Å². The van der Waals surface area contributed by atoms with Crippen molar-refractivity contribution in [3.63, 3.8) is 0 Å². The molecule has 7 heteroatoms. The zero-order valence-electron chi connectivity index (χ0n) is 14.9. The van der Waals surface area contributed by atoms with Gasteiger partial charge in [0.25, 0.3) is 0 Å². The van der Waals surface area contributed by atoms with Crippen molar-refractivity contribution in [1.29, 1.82) is 0 Å². The molecule has 1 aliphatic heterocycles. The second-order valence-electron chi connectivity index (χ2n) is 6.68. The van der Waals surface area contributed by atoms with Gasteiger partial charge in [-0.1, -0.05) is 18.2 Å². The van der Waals surface area contributed by atoms with E-state index in [0.717, 1.165) is 49.3 Å². The van der Waals surface area contributed by atoms with Crippen molar-refractivity contribution in [2.75, 3.05) is 29.9 Å². The Morgan fingerprint density at radius 3 is 2.30 bits per heavy atom. The zero-order chi connectivity index (χ0) is 19.2. The number of urea groups is 1. The van der Waals surface area contributed by atoms with Crippen LogP contribution in [0.2, 0.25) is 0 Å². The number of hydrogen-bond donors (Lipinski definition) is 3. The van der Waals surface area contributed by atoms with Gasteiger partial charge < -0.3 is 20.6 Å². The normalized spacial score (nSPS) is 14.9. The quantitative estimate of drug-likeness (QED) is 0.750. The SMILES string of the molecule is O=C(NCc1ccc(N2CCC(CO)CC2)cc1)Nc1c(F)cccc1F. The first-order valence-corrected chi connectivity index (χ1v) is 9.00. The smallest absolute Gasteiger partial charge is 0.319 e. The highest BCUT2D eigenvalue weighted by Crippen LogP contribution is 2.23. The lowest BCUT2D eigenvalue weighted by molar-refractivity contribution is 0.203. The van der Waals surface area contributed by atoms with Crippen molar-refractivity contribution >= 4 is 17.4 Å². The van der Waals surface area contributed by atoms with E-state index in [1.165, 1.54) is 6.07 Å². The monoisotopic (exact) mass is 375 g/mol. The highest BCUT2D eigenvalue weighted by Gasteiger charge is 2.18. The third kappa shape index (κ3) is 4.95. The van der Waals surface area contributed by atoms with E-state index in [1.54, 1.807) is 0 Å². The van der Waals surface area contributed by atoms with E-state index in [0.29, 0.717) is 5.92 Å². The Morgan fingerprint density at radius 2 is 1.70 bits per heavy atom. The Hall–Kier alpha value is -2.67. The average Bonchev–Trinajstić information content (AvgIpc) is 2.70. The predicted octanol–water partition coefficient (Wildman–Crippen LogP) is 3.50. The summed E-state index contributed by atoms with van der Waals surface area (Å²) in [6, 6.07) is 10.5. The molecule has 2 aromatic carbocycles. The number of halogens is 2. The van der Waals surface area contributed by atoms with Gasteiger partial charge in [0.15, 0.2) is 0 Å². The van der Waals surface area contributed by atoms with Crippen LogP contribution < -0.4 is 15.5 Å². The Morgan fingerprint density at radius 1 is 1.07 bits per heavy atom. The van der Waals surface area contributed by atoms with Crippen LogP contribution in [-0.2, 0) is 6.54 Å². The second kappa shape index (κ2) is 8.81. The first-order valence-electron chi connectivity index (χ1n) is 9.00. The summed E-state index contributed by atoms with van der Waals surface area (Å²) in [4.78, 5) is 14.2. The van der Waals surface area contributed by atoms with Crippen LogP contribution >= 0.6 is 0 Å². The van der Waals surface area contributed by atoms with Crippen LogP contribution in [0.4, 0.5) is 25.0 Å². The molecular formula is C20H23F2N3O2. The van der Waals surface area contributed by atoms with Crippen molar-refractivity contribution in [2.45, 2.75) is 19.4 Å². The first kappa shape index (κ1) is 19.1. The summed E-state index contributed by atoms with van der Waals surface area (Å²) >= 11 is 0. The highest BCUT2D eigenvalue weighted by molar-refractivity contribution is 5.89. The van der Waals surface area contributed by atoms with E-state index in [1.807, 2.05) is 24.3 Å². The summed E-state index contributed by atoms with van der Waals surface area (Å²) in [5, 5.41) is 14.0. The van der Waals surface area contributed by atoms with E-state index in [4.69, 9.17) is 0 Å². The molecule has 2 amide bonds. The van der Waals surface area contributed by atoms with Crippen LogP contribution in [0.3, 0.4) is 0 Å². The number of nitrogens with one attached hydrogen (secondary N) is 2. The van der Waals surface area contributed by atoms with E-state index >= 15 is 0 Å². The lowest BCUT2D eigenvalue weighted by atomic mass is 9.97. The first-order chi connectivity index (χ1) is 13.1. The van der Waals surface area contributed by atoms with Gasteiger partial charge in [-0.05, 0) is 48.6 Å². The van der Waals surface area contributed by atoms with Gasteiger partial charge in [0.05, 0.1) is 0 Å². The molecule has 0 bridgehead atoms. The minimum Gasteiger partial charge on any atom is -0.396 e. The number of carbonyl (C=O) groups excluding carboxylic acids is 1. The zero-order valence-corrected chi connectivity index (χ0v) is 14.9. The van der Waals surface area contributed by atoms with Crippen LogP contribution in [0.5, 0.6) is 0 Å². The molecule has 1 heterocycles. The standard InChI is InChI=1S/C20H23F2N3O2/c21-17-2-1-3-18(22)19(17)24-20(27)23-12-14-4-6-16(7-5-14)25-10-8-15(13-26)9-11-25/h1-7,15,26H,8-13H2,(H2,23,24,27). The van der Waals surface area contributed by atoms with Gasteiger partial charge in [0.2, 0.25) is 0 Å². The maximum atomic E-state index is 13.5. The van der Waals surface area contributed by atoms with E-state index in [2.05, 4.69) is 15.5 Å². The van der Waals surface area contributed by atoms with Crippen LogP contribution in [0, 0.1) is 17.6 Å². The molecule has 0 unspecified atom stereocenters. The summed E-state index contributed by atoms with van der Waals surface area (Å²) in [7, 11) is 0. The molecule has 3 rings (SSSR count). The fraction of sp³-hybridized carbons (Fsp3) is 0.350. The molecule has 5 nitrogen and oxygen atoms in total. The molecule has 144 valence electrons. The molecular weight excluding hydrogens is 352 g/mol. The summed E-state index contributed by atoms with van der Waals surface area (Å²) in [6.07, 6.45) is 1.96. The predicted molar refractivity (Wildman–Crippen MR) is 101 cm³/mol. The number of aliphatic hydroxyl groups excluding tert-OH is 1. The van der Waals surface area contributed by atoms with Crippen LogP contribution in [-0.4, -0.2) is 30.8 Å². The molecule has 2 aromatic rings. The van der Waals surface area contributed by atoms with Gasteiger partial charge in [-0.2, -0.15) is 0 Å². The number of piperidine rings is 1. The molecule has 1 fully saturated rings. The van der Waals surface area contributed by atoms with Crippen molar-refractivity contribution in [1.82, 2.24) is 5.32 Å². The number of hydrogen-bond acceptors (Lipinski definition) is 3. The van der Waals surface area contributed by atoms with Gasteiger partial charge >= 0.3 is 6.03 Å². The molecule has 1 saturated heterocycles. The minimum absolute atomic E-state index is 0.245. The number of aliphatic hydroxyl groups is 1. The topological polar surface area (TPSA) is 64.6 Å². The summed E-state index contributed by atoms with van der Waals surface area (Å²) in [6.45, 7) is 2.32. The number of rotatable bonds is 5. The average molecular weight is 375 g/mol. The van der Waals surface area contributed by atoms with Gasteiger partial charge in [-0.25, -0.2) is 13.6 Å². The van der Waals surface area contributed by atoms with E-state index < -0.39 is 23.4 Å². The van der Waals surface area contributed by atoms with Gasteiger partial charge in [-0.15, -0.1) is 0 Å². The highest BCUT2D eigenvalue weighted by atomic mass is 19.1. The van der Waals surface area contributed by atoms with Gasteiger partial charge in [0.1, 0.15) is 17.3 Å². The Balaban J connectivity index is 1.51. The number of carbonyl (C=O) groups is 1. The van der Waals surface area contributed by atoms with Gasteiger partial charge in [0, 0.05) is 31.9 Å². The second-order valence-corrected chi connectivity index (χ2v) is 6.68. The summed E-state index contributed by atoms with van der Waals surface area (Å²) in [5.74, 6) is -1.25.